The summed E-state index contributed by atoms with van der Waals surface area (Å²) < 4.78 is 63.6. The maximum Gasteiger partial charge on any atom is 0.322 e. The summed E-state index contributed by atoms with van der Waals surface area (Å²) in [6, 6.07) is 11.5. The third-order valence-corrected chi connectivity index (χ3v) is 6.24. The molecule has 36 heavy (non-hydrogen) atoms. The normalized spacial score (nSPS) is 11.7. The number of rotatable bonds is 10. The Morgan fingerprint density at radius 2 is 1.36 bits per heavy atom. The first kappa shape index (κ1) is 33.3. The number of hydrogen-bond donors (Lipinski definition) is 5. The molecule has 1 unspecified atom stereocenters. The van der Waals surface area contributed by atoms with Gasteiger partial charge < -0.3 is 21.2 Å². The van der Waals surface area contributed by atoms with Crippen LogP contribution in [0.15, 0.2) is 58.3 Å². The number of nitrogens with two attached hydrogens (primary N) is 1. The Labute approximate surface area is 213 Å². The van der Waals surface area contributed by atoms with Crippen molar-refractivity contribution in [2.75, 3.05) is 20.2 Å². The van der Waals surface area contributed by atoms with Gasteiger partial charge in [-0.15, -0.1) is 0 Å². The number of ether oxygens (including phenoxy) is 1. The summed E-state index contributed by atoms with van der Waals surface area (Å²) >= 11 is 0. The third kappa shape index (κ3) is 15.3. The molecule has 0 bridgehead atoms. The first-order chi connectivity index (χ1) is 16.7. The minimum absolute atomic E-state index is 0.0666. The van der Waals surface area contributed by atoms with Crippen LogP contribution in [0.5, 0.6) is 0 Å². The molecule has 6 N–H and O–H groups in total. The quantitative estimate of drug-likeness (QED) is 0.128. The lowest BCUT2D eigenvalue weighted by Gasteiger charge is -2.08. The van der Waals surface area contributed by atoms with E-state index in [4.69, 9.17) is 20.2 Å². The predicted molar refractivity (Wildman–Crippen MR) is 137 cm³/mol. The Hall–Kier alpha value is -2.68. The molecular weight excluding hydrogens is 510 g/mol. The van der Waals surface area contributed by atoms with Crippen molar-refractivity contribution in [3.8, 4) is 0 Å². The lowest BCUT2D eigenvalue weighted by molar-refractivity contribution is -0.142. The number of esters is 1. The zero-order valence-electron chi connectivity index (χ0n) is 20.5. The van der Waals surface area contributed by atoms with Crippen LogP contribution < -0.4 is 11.1 Å². The van der Waals surface area contributed by atoms with E-state index in [-0.39, 0.29) is 15.8 Å². The highest BCUT2D eigenvalue weighted by atomic mass is 32.2. The van der Waals surface area contributed by atoms with E-state index in [9.17, 15) is 21.6 Å². The van der Waals surface area contributed by atoms with E-state index in [2.05, 4.69) is 10.1 Å². The monoisotopic (exact) mass is 545 g/mol. The Morgan fingerprint density at radius 1 is 0.944 bits per heavy atom. The summed E-state index contributed by atoms with van der Waals surface area (Å²) in [5.41, 5.74) is 7.45. The second-order valence-electron chi connectivity index (χ2n) is 7.61. The highest BCUT2D eigenvalue weighted by Gasteiger charge is 2.12. The van der Waals surface area contributed by atoms with Crippen molar-refractivity contribution in [1.82, 2.24) is 5.32 Å². The van der Waals surface area contributed by atoms with Crippen molar-refractivity contribution < 1.29 is 35.5 Å². The average Bonchev–Trinajstić information content (AvgIpc) is 2.81. The molecule has 202 valence electrons. The molecule has 2 rings (SSSR count). The number of carbonyl (C=O) groups is 1. The average molecular weight is 546 g/mol. The van der Waals surface area contributed by atoms with Crippen molar-refractivity contribution in [2.24, 2.45) is 5.73 Å². The molecule has 11 nitrogen and oxygen atoms in total. The highest BCUT2D eigenvalue weighted by molar-refractivity contribution is 7.86. The molecule has 0 spiro atoms. The number of carbonyl (C=O) groups excluding carboxylic acids is 1. The summed E-state index contributed by atoms with van der Waals surface area (Å²) in [6.45, 7) is 5.13. The van der Waals surface area contributed by atoms with Gasteiger partial charge in [0.05, 0.1) is 16.9 Å². The first-order valence-corrected chi connectivity index (χ1v) is 13.7. The van der Waals surface area contributed by atoms with Gasteiger partial charge in [-0.2, -0.15) is 16.8 Å². The molecule has 2 aromatic carbocycles. The van der Waals surface area contributed by atoms with E-state index in [1.807, 2.05) is 13.8 Å². The number of unbranched alkanes of at least 4 members (excludes halogenated alkanes) is 1. The lowest BCUT2D eigenvalue weighted by Crippen LogP contribution is -2.31. The van der Waals surface area contributed by atoms with Crippen LogP contribution in [0, 0.1) is 19.3 Å². The zero-order valence-corrected chi connectivity index (χ0v) is 22.2. The molecule has 0 aromatic heterocycles. The molecule has 0 aliphatic carbocycles. The number of aryl methyl sites for hydroxylation is 2. The molecule has 2 aromatic rings. The molecule has 0 saturated carbocycles. The standard InChI is InChI=1S/C9H19N3O2.2C7H8O3S/c1-14-9(13)8(11)4-2-3-6-12-7-5-10;2*1-6-2-4-7(5-3-6)11(8,9)10/h5,8,10,12H,2-4,6-7,11H2,1H3;2*2-5H,1H3,(H,8,9,10). The Balaban J connectivity index is 0.000000515. The van der Waals surface area contributed by atoms with E-state index in [0.717, 1.165) is 30.5 Å². The number of benzene rings is 2. The van der Waals surface area contributed by atoms with Gasteiger partial charge in [0.2, 0.25) is 0 Å². The fraction of sp³-hybridized carbons (Fsp3) is 0.391. The van der Waals surface area contributed by atoms with Gasteiger partial charge in [-0.1, -0.05) is 41.8 Å². The maximum atomic E-state index is 10.9. The van der Waals surface area contributed by atoms with E-state index >= 15 is 0 Å². The Bertz CT molecular complexity index is 1060. The maximum absolute atomic E-state index is 10.9. The van der Waals surface area contributed by atoms with Crippen molar-refractivity contribution in [3.63, 3.8) is 0 Å². The third-order valence-electron chi connectivity index (χ3n) is 4.51. The first-order valence-electron chi connectivity index (χ1n) is 10.8. The van der Waals surface area contributed by atoms with Crippen LogP contribution in [0.2, 0.25) is 0 Å². The van der Waals surface area contributed by atoms with Gasteiger partial charge in [0.25, 0.3) is 20.2 Å². The summed E-state index contributed by atoms with van der Waals surface area (Å²) in [5, 5.41) is 9.82. The van der Waals surface area contributed by atoms with Gasteiger partial charge in [-0.05, 0) is 57.5 Å². The van der Waals surface area contributed by atoms with Gasteiger partial charge in [0.15, 0.2) is 0 Å². The second kappa shape index (κ2) is 16.9. The molecule has 0 radical (unpaired) electrons. The van der Waals surface area contributed by atoms with Crippen LogP contribution in [0.4, 0.5) is 0 Å². The predicted octanol–water partition coefficient (Wildman–Crippen LogP) is 2.38. The highest BCUT2D eigenvalue weighted by Crippen LogP contribution is 2.09. The zero-order chi connectivity index (χ0) is 27.8. The summed E-state index contributed by atoms with van der Waals surface area (Å²) in [6.07, 6.45) is 3.82. The van der Waals surface area contributed by atoms with E-state index < -0.39 is 26.3 Å². The molecule has 0 heterocycles. The fourth-order valence-corrected chi connectivity index (χ4v) is 3.44. The fourth-order valence-electron chi connectivity index (χ4n) is 2.48. The smallest absolute Gasteiger partial charge is 0.322 e. The Kier molecular flexibility index (Phi) is 15.6. The summed E-state index contributed by atoms with van der Waals surface area (Å²) in [4.78, 5) is 10.8. The largest absolute Gasteiger partial charge is 0.468 e. The van der Waals surface area contributed by atoms with Gasteiger partial charge in [0, 0.05) is 12.8 Å². The van der Waals surface area contributed by atoms with E-state index in [1.165, 1.54) is 37.6 Å². The number of methoxy groups -OCH3 is 1. The molecule has 0 saturated heterocycles. The minimum atomic E-state index is -4.02. The molecule has 0 amide bonds. The van der Waals surface area contributed by atoms with Crippen molar-refractivity contribution in [2.45, 2.75) is 48.9 Å². The topological polar surface area (TPSA) is 197 Å². The van der Waals surface area contributed by atoms with Crippen LogP contribution in [0.1, 0.15) is 30.4 Å². The Morgan fingerprint density at radius 3 is 1.69 bits per heavy atom. The lowest BCUT2D eigenvalue weighted by atomic mass is 10.1. The number of hydrogen-bond acceptors (Lipinski definition) is 9. The van der Waals surface area contributed by atoms with Gasteiger partial charge in [-0.25, -0.2) is 0 Å². The minimum Gasteiger partial charge on any atom is -0.468 e. The van der Waals surface area contributed by atoms with Crippen molar-refractivity contribution in [3.05, 3.63) is 59.7 Å². The van der Waals surface area contributed by atoms with Crippen LogP contribution in [-0.2, 0) is 29.8 Å². The molecule has 0 fully saturated rings. The summed E-state index contributed by atoms with van der Waals surface area (Å²) in [7, 11) is -6.70. The summed E-state index contributed by atoms with van der Waals surface area (Å²) in [5.74, 6) is -0.350. The molecule has 0 aliphatic heterocycles. The van der Waals surface area contributed by atoms with Crippen molar-refractivity contribution in [1.29, 1.82) is 5.41 Å². The van der Waals surface area contributed by atoms with Crippen LogP contribution in [-0.4, -0.2) is 64.4 Å². The van der Waals surface area contributed by atoms with E-state index in [1.54, 1.807) is 24.3 Å². The van der Waals surface area contributed by atoms with Crippen LogP contribution in [0.25, 0.3) is 0 Å². The van der Waals surface area contributed by atoms with Gasteiger partial charge in [-0.3, -0.25) is 13.9 Å². The van der Waals surface area contributed by atoms with Crippen LogP contribution in [0.3, 0.4) is 0 Å². The number of nitrogens with one attached hydrogen (secondary N) is 2. The second-order valence-corrected chi connectivity index (χ2v) is 10.5. The van der Waals surface area contributed by atoms with Gasteiger partial charge >= 0.3 is 5.97 Å². The van der Waals surface area contributed by atoms with Crippen LogP contribution >= 0.6 is 0 Å². The molecule has 13 heteroatoms. The molecular formula is C23H35N3O8S2. The molecule has 1 atom stereocenters. The van der Waals surface area contributed by atoms with Gasteiger partial charge in [0.1, 0.15) is 6.04 Å². The van der Waals surface area contributed by atoms with E-state index in [0.29, 0.717) is 13.0 Å². The molecule has 0 aliphatic rings. The van der Waals surface area contributed by atoms with Crippen molar-refractivity contribution >= 4 is 32.4 Å². The SMILES string of the molecule is COC(=O)C(N)CCCCNCC=N.Cc1ccc(S(=O)(=O)O)cc1.Cc1ccc(S(=O)(=O)O)cc1.